The highest BCUT2D eigenvalue weighted by Crippen LogP contribution is 2.30. The SMILES string of the molecule is Fc1cc(Br)cc(CSc2ccc(Cl)c(Cl)c2)c1. The van der Waals surface area contributed by atoms with Gasteiger partial charge in [-0.15, -0.1) is 11.8 Å². The minimum Gasteiger partial charge on any atom is -0.207 e. The van der Waals surface area contributed by atoms with Crippen LogP contribution in [0.3, 0.4) is 0 Å². The van der Waals surface area contributed by atoms with Crippen LogP contribution in [0, 0.1) is 5.82 Å². The van der Waals surface area contributed by atoms with Gasteiger partial charge in [-0.1, -0.05) is 39.1 Å². The predicted octanol–water partition coefficient (Wildman–Crippen LogP) is 6.19. The molecule has 18 heavy (non-hydrogen) atoms. The van der Waals surface area contributed by atoms with Crippen LogP contribution in [0.1, 0.15) is 5.56 Å². The summed E-state index contributed by atoms with van der Waals surface area (Å²) in [6.07, 6.45) is 0. The number of benzene rings is 2. The van der Waals surface area contributed by atoms with E-state index in [1.165, 1.54) is 12.1 Å². The third-order valence-corrected chi connectivity index (χ3v) is 4.48. The molecule has 0 radical (unpaired) electrons. The Bertz CT molecular complexity index is 555. The molecule has 0 amide bonds. The van der Waals surface area contributed by atoms with E-state index in [1.807, 2.05) is 18.2 Å². The molecule has 5 heteroatoms. The molecule has 0 fully saturated rings. The summed E-state index contributed by atoms with van der Waals surface area (Å²) in [7, 11) is 0. The van der Waals surface area contributed by atoms with Crippen molar-refractivity contribution in [2.45, 2.75) is 10.6 Å². The van der Waals surface area contributed by atoms with E-state index in [2.05, 4.69) is 15.9 Å². The van der Waals surface area contributed by atoms with E-state index in [-0.39, 0.29) is 5.82 Å². The van der Waals surface area contributed by atoms with Crippen LogP contribution in [0.4, 0.5) is 4.39 Å². The monoisotopic (exact) mass is 364 g/mol. The average Bonchev–Trinajstić information content (AvgIpc) is 2.29. The quantitative estimate of drug-likeness (QED) is 0.584. The molecule has 0 aliphatic carbocycles. The lowest BCUT2D eigenvalue weighted by Crippen LogP contribution is -1.84. The highest BCUT2D eigenvalue weighted by molar-refractivity contribution is 9.10. The third kappa shape index (κ3) is 3.89. The summed E-state index contributed by atoms with van der Waals surface area (Å²) in [4.78, 5) is 1.00. The van der Waals surface area contributed by atoms with Crippen LogP contribution in [0.5, 0.6) is 0 Å². The molecule has 0 bridgehead atoms. The fourth-order valence-corrected chi connectivity index (χ4v) is 3.17. The van der Waals surface area contributed by atoms with Gasteiger partial charge in [0.2, 0.25) is 0 Å². The summed E-state index contributed by atoms with van der Waals surface area (Å²) in [5.74, 6) is 0.433. The van der Waals surface area contributed by atoms with Crippen LogP contribution in [-0.4, -0.2) is 0 Å². The molecule has 0 atom stereocenters. The van der Waals surface area contributed by atoms with Crippen molar-refractivity contribution in [1.82, 2.24) is 0 Å². The standard InChI is InChI=1S/C13H8BrCl2FS/c14-9-3-8(4-10(17)5-9)7-18-11-1-2-12(15)13(16)6-11/h1-6H,7H2. The van der Waals surface area contributed by atoms with E-state index in [0.29, 0.717) is 15.8 Å². The highest BCUT2D eigenvalue weighted by Gasteiger charge is 2.03. The molecular weight excluding hydrogens is 358 g/mol. The molecule has 0 nitrogen and oxygen atoms in total. The largest absolute Gasteiger partial charge is 0.207 e. The van der Waals surface area contributed by atoms with Crippen LogP contribution in [0.25, 0.3) is 0 Å². The molecule has 2 aromatic rings. The Labute approximate surface area is 128 Å². The Balaban J connectivity index is 2.08. The molecule has 0 spiro atoms. The Morgan fingerprint density at radius 3 is 2.50 bits per heavy atom. The second-order valence-electron chi connectivity index (χ2n) is 3.64. The van der Waals surface area contributed by atoms with Gasteiger partial charge < -0.3 is 0 Å². The first kappa shape index (κ1) is 14.2. The minimum absolute atomic E-state index is 0.242. The van der Waals surface area contributed by atoms with Crippen molar-refractivity contribution < 1.29 is 4.39 Å². The molecule has 2 aromatic carbocycles. The molecule has 0 aliphatic rings. The lowest BCUT2D eigenvalue weighted by Gasteiger charge is -2.04. The van der Waals surface area contributed by atoms with Crippen molar-refractivity contribution in [3.63, 3.8) is 0 Å². The van der Waals surface area contributed by atoms with Crippen LogP contribution in [0.2, 0.25) is 10.0 Å². The summed E-state index contributed by atoms with van der Waals surface area (Å²) >= 11 is 16.6. The maximum Gasteiger partial charge on any atom is 0.124 e. The van der Waals surface area contributed by atoms with Crippen LogP contribution >= 0.6 is 50.9 Å². The molecule has 0 heterocycles. The smallest absolute Gasteiger partial charge is 0.124 e. The first-order valence-corrected chi connectivity index (χ1v) is 7.61. The fourth-order valence-electron chi connectivity index (χ4n) is 1.43. The second-order valence-corrected chi connectivity index (χ2v) is 6.42. The van der Waals surface area contributed by atoms with Crippen LogP contribution < -0.4 is 0 Å². The van der Waals surface area contributed by atoms with E-state index < -0.39 is 0 Å². The maximum absolute atomic E-state index is 13.2. The van der Waals surface area contributed by atoms with Gasteiger partial charge >= 0.3 is 0 Å². The first-order valence-electron chi connectivity index (χ1n) is 5.07. The predicted molar refractivity (Wildman–Crippen MR) is 80.1 cm³/mol. The van der Waals surface area contributed by atoms with Crippen LogP contribution in [0.15, 0.2) is 45.8 Å². The van der Waals surface area contributed by atoms with Gasteiger partial charge in [0.1, 0.15) is 5.82 Å². The lowest BCUT2D eigenvalue weighted by atomic mass is 10.2. The van der Waals surface area contributed by atoms with Crippen molar-refractivity contribution in [2.24, 2.45) is 0 Å². The van der Waals surface area contributed by atoms with Crippen molar-refractivity contribution in [1.29, 1.82) is 0 Å². The summed E-state index contributed by atoms with van der Waals surface area (Å²) in [6.45, 7) is 0. The van der Waals surface area contributed by atoms with Crippen LogP contribution in [-0.2, 0) is 5.75 Å². The van der Waals surface area contributed by atoms with Gasteiger partial charge in [0.05, 0.1) is 10.0 Å². The number of thioether (sulfide) groups is 1. The van der Waals surface area contributed by atoms with Gasteiger partial charge in [-0.05, 0) is 42.0 Å². The van der Waals surface area contributed by atoms with Crippen molar-refractivity contribution >= 4 is 50.9 Å². The number of halogens is 4. The van der Waals surface area contributed by atoms with Crippen molar-refractivity contribution in [3.05, 3.63) is 62.3 Å². The summed E-state index contributed by atoms with van der Waals surface area (Å²) in [5, 5.41) is 1.07. The zero-order valence-electron chi connectivity index (χ0n) is 9.09. The molecule has 0 aliphatic heterocycles. The normalized spacial score (nSPS) is 10.7. The zero-order chi connectivity index (χ0) is 13.1. The summed E-state index contributed by atoms with van der Waals surface area (Å²) < 4.78 is 13.9. The Morgan fingerprint density at radius 1 is 1.06 bits per heavy atom. The molecule has 0 saturated heterocycles. The average molecular weight is 366 g/mol. The lowest BCUT2D eigenvalue weighted by molar-refractivity contribution is 0.625. The van der Waals surface area contributed by atoms with E-state index in [1.54, 1.807) is 17.8 Å². The zero-order valence-corrected chi connectivity index (χ0v) is 13.0. The van der Waals surface area contributed by atoms with Gasteiger partial charge in [0.15, 0.2) is 0 Å². The van der Waals surface area contributed by atoms with Gasteiger partial charge in [-0.2, -0.15) is 0 Å². The second kappa shape index (κ2) is 6.29. The van der Waals surface area contributed by atoms with Gasteiger partial charge in [0.25, 0.3) is 0 Å². The van der Waals surface area contributed by atoms with Gasteiger partial charge in [-0.3, -0.25) is 0 Å². The number of rotatable bonds is 3. The summed E-state index contributed by atoms with van der Waals surface area (Å²) in [5.41, 5.74) is 0.915. The van der Waals surface area contributed by atoms with E-state index in [9.17, 15) is 4.39 Å². The fraction of sp³-hybridized carbons (Fsp3) is 0.0769. The molecule has 0 saturated carbocycles. The van der Waals surface area contributed by atoms with Gasteiger partial charge in [0, 0.05) is 15.1 Å². The minimum atomic E-state index is -0.242. The molecule has 94 valence electrons. The number of hydrogen-bond donors (Lipinski definition) is 0. The number of hydrogen-bond acceptors (Lipinski definition) is 1. The molecule has 0 N–H and O–H groups in total. The van der Waals surface area contributed by atoms with Crippen molar-refractivity contribution in [3.8, 4) is 0 Å². The Kier molecular flexibility index (Phi) is 4.96. The Hall–Kier alpha value is -0.220. The van der Waals surface area contributed by atoms with Crippen molar-refractivity contribution in [2.75, 3.05) is 0 Å². The topological polar surface area (TPSA) is 0 Å². The van der Waals surface area contributed by atoms with E-state index in [0.717, 1.165) is 14.9 Å². The molecule has 2 rings (SSSR count). The Morgan fingerprint density at radius 2 is 1.83 bits per heavy atom. The summed E-state index contributed by atoms with van der Waals surface area (Å²) in [6, 6.07) is 10.3. The van der Waals surface area contributed by atoms with E-state index in [4.69, 9.17) is 23.2 Å². The molecule has 0 aromatic heterocycles. The molecule has 0 unspecified atom stereocenters. The van der Waals surface area contributed by atoms with E-state index >= 15 is 0 Å². The third-order valence-electron chi connectivity index (χ3n) is 2.22. The van der Waals surface area contributed by atoms with Gasteiger partial charge in [-0.25, -0.2) is 4.39 Å². The molecular formula is C13H8BrCl2FS. The maximum atomic E-state index is 13.2. The first-order chi connectivity index (χ1) is 8.54. The highest BCUT2D eigenvalue weighted by atomic mass is 79.9.